The van der Waals surface area contributed by atoms with Crippen molar-refractivity contribution in [3.8, 4) is 0 Å². The molecule has 2 aromatic rings. The zero-order chi connectivity index (χ0) is 28.5. The molecule has 1 fully saturated rings. The first-order chi connectivity index (χ1) is 18.7. The van der Waals surface area contributed by atoms with Gasteiger partial charge in [-0.3, -0.25) is 9.59 Å². The minimum Gasteiger partial charge on any atom is -0.383 e. The highest BCUT2D eigenvalue weighted by Gasteiger charge is 2.29. The number of carbonyl (C=O) groups is 1. The molecule has 0 bridgehead atoms. The predicted molar refractivity (Wildman–Crippen MR) is 154 cm³/mol. The molecule has 216 valence electrons. The van der Waals surface area contributed by atoms with Crippen LogP contribution in [0.15, 0.2) is 23.0 Å². The van der Waals surface area contributed by atoms with Gasteiger partial charge in [0.05, 0.1) is 13.2 Å². The number of aromatic nitrogens is 1. The zero-order valence-corrected chi connectivity index (χ0v) is 24.4. The Labute approximate surface area is 232 Å². The van der Waals surface area contributed by atoms with Crippen LogP contribution in [0.3, 0.4) is 0 Å². The van der Waals surface area contributed by atoms with Crippen LogP contribution in [0.5, 0.6) is 0 Å². The first-order valence-electron chi connectivity index (χ1n) is 14.0. The van der Waals surface area contributed by atoms with Crippen LogP contribution in [-0.4, -0.2) is 73.6 Å². The maximum absolute atomic E-state index is 13.5. The number of aliphatic hydroxyl groups excluding tert-OH is 1. The number of hydrogen-bond acceptors (Lipinski definition) is 7. The van der Waals surface area contributed by atoms with Crippen molar-refractivity contribution in [2.45, 2.75) is 78.6 Å². The van der Waals surface area contributed by atoms with Crippen LogP contribution in [0, 0.1) is 20.8 Å². The van der Waals surface area contributed by atoms with E-state index in [1.807, 2.05) is 32.9 Å². The smallest absolute Gasteiger partial charge is 0.253 e. The van der Waals surface area contributed by atoms with E-state index in [4.69, 9.17) is 9.47 Å². The molecule has 9 nitrogen and oxygen atoms in total. The fraction of sp³-hybridized carbons (Fsp3) is 0.600. The molecule has 1 aliphatic rings. The summed E-state index contributed by atoms with van der Waals surface area (Å²) in [7, 11) is 3.91. The van der Waals surface area contributed by atoms with Gasteiger partial charge in [-0.05, 0) is 95.3 Å². The van der Waals surface area contributed by atoms with Crippen molar-refractivity contribution < 1.29 is 19.4 Å². The Morgan fingerprint density at radius 2 is 1.82 bits per heavy atom. The molecule has 0 unspecified atom stereocenters. The van der Waals surface area contributed by atoms with Crippen LogP contribution in [0.1, 0.15) is 70.9 Å². The van der Waals surface area contributed by atoms with Gasteiger partial charge < -0.3 is 34.7 Å². The van der Waals surface area contributed by atoms with Crippen LogP contribution >= 0.6 is 0 Å². The Kier molecular flexibility index (Phi) is 11.5. The lowest BCUT2D eigenvalue weighted by Gasteiger charge is -2.41. The first-order valence-corrected chi connectivity index (χ1v) is 14.0. The van der Waals surface area contributed by atoms with E-state index in [0.717, 1.165) is 73.5 Å². The number of nitrogens with zero attached hydrogens (tertiary/aromatic N) is 2. The number of aryl methyl sites for hydroxylation is 2. The van der Waals surface area contributed by atoms with Crippen LogP contribution in [-0.2, 0) is 22.6 Å². The fourth-order valence-corrected chi connectivity index (χ4v) is 5.76. The van der Waals surface area contributed by atoms with E-state index in [2.05, 4.69) is 40.1 Å². The van der Waals surface area contributed by atoms with Crippen molar-refractivity contribution in [3.05, 3.63) is 62.1 Å². The number of anilines is 1. The topological polar surface area (TPSA) is 107 Å². The molecule has 9 heteroatoms. The summed E-state index contributed by atoms with van der Waals surface area (Å²) in [5.74, 6) is -0.237. The number of benzene rings is 1. The Balaban J connectivity index is 1.83. The maximum atomic E-state index is 13.5. The molecule has 0 spiro atoms. The van der Waals surface area contributed by atoms with Gasteiger partial charge in [0.2, 0.25) is 0 Å². The third kappa shape index (κ3) is 7.91. The molecule has 1 aromatic carbocycles. The van der Waals surface area contributed by atoms with Gasteiger partial charge in [0.1, 0.15) is 6.79 Å². The average molecular weight is 543 g/mol. The Morgan fingerprint density at radius 3 is 2.44 bits per heavy atom. The molecule has 0 aliphatic heterocycles. The molecule has 3 N–H and O–H groups in total. The van der Waals surface area contributed by atoms with Crippen molar-refractivity contribution in [3.63, 3.8) is 0 Å². The number of rotatable bonds is 13. The Hall–Kier alpha value is -2.72. The highest BCUT2D eigenvalue weighted by atomic mass is 16.6. The van der Waals surface area contributed by atoms with Crippen LogP contribution in [0.25, 0.3) is 0 Å². The van der Waals surface area contributed by atoms with E-state index in [-0.39, 0.29) is 24.6 Å². The monoisotopic (exact) mass is 542 g/mol. The van der Waals surface area contributed by atoms with Crippen molar-refractivity contribution >= 4 is 11.6 Å². The normalized spacial score (nSPS) is 17.4. The van der Waals surface area contributed by atoms with Gasteiger partial charge in [0, 0.05) is 61.3 Å². The molecule has 0 radical (unpaired) electrons. The summed E-state index contributed by atoms with van der Waals surface area (Å²) in [6.07, 6.45) is 4.38. The molecule has 0 saturated heterocycles. The van der Waals surface area contributed by atoms with Crippen LogP contribution in [0.2, 0.25) is 0 Å². The molecular formula is C30H46N4O5. The fourth-order valence-electron chi connectivity index (χ4n) is 5.76. The molecule has 1 aromatic heterocycles. The number of aliphatic hydroxyl groups is 1. The molecule has 1 aliphatic carbocycles. The zero-order valence-electron chi connectivity index (χ0n) is 24.4. The summed E-state index contributed by atoms with van der Waals surface area (Å²) < 4.78 is 10.6. The second-order valence-electron chi connectivity index (χ2n) is 10.6. The van der Waals surface area contributed by atoms with Gasteiger partial charge in [-0.1, -0.05) is 0 Å². The summed E-state index contributed by atoms with van der Waals surface area (Å²) >= 11 is 0. The molecular weight excluding hydrogens is 496 g/mol. The van der Waals surface area contributed by atoms with Crippen molar-refractivity contribution in [1.29, 1.82) is 0 Å². The molecule has 3 rings (SSSR count). The third-order valence-corrected chi connectivity index (χ3v) is 7.99. The van der Waals surface area contributed by atoms with Gasteiger partial charge in [0.15, 0.2) is 0 Å². The predicted octanol–water partition coefficient (Wildman–Crippen LogP) is 3.41. The van der Waals surface area contributed by atoms with E-state index in [0.29, 0.717) is 23.2 Å². The van der Waals surface area contributed by atoms with E-state index < -0.39 is 6.79 Å². The molecule has 1 saturated carbocycles. The molecule has 0 atom stereocenters. The second kappa shape index (κ2) is 14.6. The minimum absolute atomic E-state index is 0.143. The van der Waals surface area contributed by atoms with E-state index in [1.54, 1.807) is 7.11 Å². The van der Waals surface area contributed by atoms with E-state index >= 15 is 0 Å². The summed E-state index contributed by atoms with van der Waals surface area (Å²) in [5.41, 5.74) is 5.30. The lowest BCUT2D eigenvalue weighted by molar-refractivity contribution is -0.0112. The van der Waals surface area contributed by atoms with Gasteiger partial charge in [0.25, 0.3) is 11.5 Å². The van der Waals surface area contributed by atoms with Gasteiger partial charge >= 0.3 is 0 Å². The van der Waals surface area contributed by atoms with Crippen LogP contribution < -0.4 is 15.8 Å². The highest BCUT2D eigenvalue weighted by molar-refractivity contribution is 5.97. The number of methoxy groups -OCH3 is 1. The quantitative estimate of drug-likeness (QED) is 0.333. The number of amides is 1. The number of hydrogen-bond donors (Lipinski definition) is 3. The molecule has 1 amide bonds. The van der Waals surface area contributed by atoms with Gasteiger partial charge in [-0.15, -0.1) is 0 Å². The number of nitrogens with one attached hydrogen (secondary N) is 2. The van der Waals surface area contributed by atoms with E-state index in [1.165, 1.54) is 0 Å². The van der Waals surface area contributed by atoms with Gasteiger partial charge in [-0.25, -0.2) is 0 Å². The summed E-state index contributed by atoms with van der Waals surface area (Å²) in [6, 6.07) is 6.74. The summed E-state index contributed by atoms with van der Waals surface area (Å²) in [5, 5.41) is 12.2. The number of likely N-dealkylation sites (N-methyl/N-ethyl adjacent to an activating group) is 1. The number of carbonyl (C=O) groups excluding carboxylic acids is 1. The standard InChI is InChI=1S/C30H46N4O5/c1-7-34(25-10-8-24(9-11-25)33(5)12-13-38-6)28-16-23(18-39-19-35)15-26(22(28)4)29(36)31-17-27-20(2)14-21(3)32-30(27)37/h14-16,24-25,35H,7-13,17-19H2,1-6H3,(H,31,36)(H,32,37)/t24-,25-. The Morgan fingerprint density at radius 1 is 1.13 bits per heavy atom. The maximum Gasteiger partial charge on any atom is 0.253 e. The first kappa shape index (κ1) is 30.8. The molecule has 39 heavy (non-hydrogen) atoms. The summed E-state index contributed by atoms with van der Waals surface area (Å²) in [6.45, 7) is 10.3. The van der Waals surface area contributed by atoms with Crippen molar-refractivity contribution in [2.75, 3.05) is 45.5 Å². The summed E-state index contributed by atoms with van der Waals surface area (Å²) in [4.78, 5) is 33.5. The minimum atomic E-state index is -0.391. The number of aromatic amines is 1. The largest absolute Gasteiger partial charge is 0.383 e. The van der Waals surface area contributed by atoms with Crippen molar-refractivity contribution in [2.24, 2.45) is 0 Å². The average Bonchev–Trinajstić information content (AvgIpc) is 2.91. The third-order valence-electron chi connectivity index (χ3n) is 7.99. The Bertz CT molecular complexity index is 1160. The number of pyridine rings is 1. The van der Waals surface area contributed by atoms with Crippen molar-refractivity contribution in [1.82, 2.24) is 15.2 Å². The number of ether oxygens (including phenoxy) is 2. The second-order valence-corrected chi connectivity index (χ2v) is 10.6. The number of H-pyrrole nitrogens is 1. The van der Waals surface area contributed by atoms with Crippen LogP contribution in [0.4, 0.5) is 5.69 Å². The van der Waals surface area contributed by atoms with Gasteiger partial charge in [-0.2, -0.15) is 0 Å². The lowest BCUT2D eigenvalue weighted by atomic mass is 9.88. The highest BCUT2D eigenvalue weighted by Crippen LogP contribution is 2.33. The molecule has 1 heterocycles. The lowest BCUT2D eigenvalue weighted by Crippen LogP contribution is -2.44. The SMILES string of the molecule is CCN(c1cc(COCO)cc(C(=O)NCc2c(C)cc(C)[nH]c2=O)c1C)[C@H]1CC[C@H](N(C)CCOC)CC1. The van der Waals surface area contributed by atoms with E-state index in [9.17, 15) is 14.7 Å².